The van der Waals surface area contributed by atoms with Gasteiger partial charge in [0.15, 0.2) is 5.13 Å². The molecule has 78 valence electrons. The molecule has 4 nitrogen and oxygen atoms in total. The molecule has 0 aromatic carbocycles. The van der Waals surface area contributed by atoms with E-state index < -0.39 is 0 Å². The van der Waals surface area contributed by atoms with Gasteiger partial charge in [-0.3, -0.25) is 4.79 Å². The molecule has 1 rings (SSSR count). The number of amides is 1. The number of aryl methyl sites for hydroxylation is 1. The van der Waals surface area contributed by atoms with Crippen molar-refractivity contribution in [1.82, 2.24) is 10.3 Å². The molecule has 0 fully saturated rings. The van der Waals surface area contributed by atoms with E-state index in [4.69, 9.17) is 0 Å². The molecular formula is C9H15N3OS. The first-order valence-electron chi connectivity index (χ1n) is 4.62. The van der Waals surface area contributed by atoms with Gasteiger partial charge in [0.2, 0.25) is 0 Å². The highest BCUT2D eigenvalue weighted by molar-refractivity contribution is 7.17. The molecule has 0 saturated carbocycles. The van der Waals surface area contributed by atoms with Gasteiger partial charge >= 0.3 is 0 Å². The first-order valence-corrected chi connectivity index (χ1v) is 5.44. The Morgan fingerprint density at radius 2 is 2.29 bits per heavy atom. The Balaban J connectivity index is 2.73. The number of nitrogens with zero attached hydrogens (tertiary/aromatic N) is 1. The van der Waals surface area contributed by atoms with Crippen LogP contribution in [0.15, 0.2) is 0 Å². The molecule has 14 heavy (non-hydrogen) atoms. The molecule has 0 bridgehead atoms. The molecule has 5 heteroatoms. The number of nitrogens with one attached hydrogen (secondary N) is 2. The summed E-state index contributed by atoms with van der Waals surface area (Å²) < 4.78 is 0. The molecule has 0 spiro atoms. The van der Waals surface area contributed by atoms with Gasteiger partial charge in [0.1, 0.15) is 4.88 Å². The monoisotopic (exact) mass is 213 g/mol. The van der Waals surface area contributed by atoms with Gasteiger partial charge in [-0.25, -0.2) is 4.98 Å². The van der Waals surface area contributed by atoms with Crippen LogP contribution in [0.25, 0.3) is 0 Å². The van der Waals surface area contributed by atoms with Crippen molar-refractivity contribution in [2.24, 2.45) is 0 Å². The molecule has 2 N–H and O–H groups in total. The van der Waals surface area contributed by atoms with Crippen LogP contribution in [-0.4, -0.2) is 24.5 Å². The quantitative estimate of drug-likeness (QED) is 0.799. The first kappa shape index (κ1) is 11.0. The molecule has 1 heterocycles. The Morgan fingerprint density at radius 1 is 1.57 bits per heavy atom. The van der Waals surface area contributed by atoms with E-state index in [1.165, 1.54) is 11.3 Å². The molecule has 0 saturated heterocycles. The van der Waals surface area contributed by atoms with Crippen molar-refractivity contribution in [3.63, 3.8) is 0 Å². The second-order valence-corrected chi connectivity index (χ2v) is 3.94. The average molecular weight is 213 g/mol. The number of thiazole rings is 1. The highest BCUT2D eigenvalue weighted by atomic mass is 32.1. The zero-order chi connectivity index (χ0) is 10.6. The molecule has 1 aromatic heterocycles. The van der Waals surface area contributed by atoms with Gasteiger partial charge in [0.25, 0.3) is 5.91 Å². The highest BCUT2D eigenvalue weighted by Gasteiger charge is 2.13. The van der Waals surface area contributed by atoms with Crippen LogP contribution in [0.4, 0.5) is 5.13 Å². The maximum atomic E-state index is 11.6. The Morgan fingerprint density at radius 3 is 2.79 bits per heavy atom. The van der Waals surface area contributed by atoms with Crippen molar-refractivity contribution >= 4 is 22.4 Å². The van der Waals surface area contributed by atoms with E-state index in [2.05, 4.69) is 15.6 Å². The normalized spacial score (nSPS) is 9.93. The summed E-state index contributed by atoms with van der Waals surface area (Å²) in [5.41, 5.74) is 0.785. The fraction of sp³-hybridized carbons (Fsp3) is 0.556. The maximum Gasteiger partial charge on any atom is 0.263 e. The number of aromatic nitrogens is 1. The largest absolute Gasteiger partial charge is 0.365 e. The summed E-state index contributed by atoms with van der Waals surface area (Å²) in [7, 11) is 1.80. The molecule has 1 amide bonds. The van der Waals surface area contributed by atoms with Crippen LogP contribution in [0.2, 0.25) is 0 Å². The topological polar surface area (TPSA) is 54.0 Å². The lowest BCUT2D eigenvalue weighted by atomic mass is 10.3. The average Bonchev–Trinajstić information content (AvgIpc) is 2.56. The molecule has 0 radical (unpaired) electrons. The summed E-state index contributed by atoms with van der Waals surface area (Å²) >= 11 is 1.38. The van der Waals surface area contributed by atoms with Gasteiger partial charge < -0.3 is 10.6 Å². The van der Waals surface area contributed by atoms with E-state index >= 15 is 0 Å². The fourth-order valence-electron chi connectivity index (χ4n) is 1.03. The van der Waals surface area contributed by atoms with E-state index in [9.17, 15) is 4.79 Å². The van der Waals surface area contributed by atoms with E-state index in [0.29, 0.717) is 11.4 Å². The highest BCUT2D eigenvalue weighted by Crippen LogP contribution is 2.21. The van der Waals surface area contributed by atoms with Crippen LogP contribution in [-0.2, 0) is 0 Å². The van der Waals surface area contributed by atoms with Crippen molar-refractivity contribution in [3.8, 4) is 0 Å². The van der Waals surface area contributed by atoms with E-state index in [1.54, 1.807) is 7.05 Å². The van der Waals surface area contributed by atoms with Crippen LogP contribution in [0.1, 0.15) is 28.7 Å². The minimum absolute atomic E-state index is 0.0247. The van der Waals surface area contributed by atoms with Crippen LogP contribution in [0.3, 0.4) is 0 Å². The van der Waals surface area contributed by atoms with Crippen LogP contribution in [0, 0.1) is 6.92 Å². The lowest BCUT2D eigenvalue weighted by Gasteiger charge is -2.00. The number of hydrogen-bond donors (Lipinski definition) is 2. The van der Waals surface area contributed by atoms with Gasteiger partial charge in [0, 0.05) is 13.6 Å². The zero-order valence-corrected chi connectivity index (χ0v) is 9.49. The Bertz CT molecular complexity index is 322. The number of hydrogen-bond acceptors (Lipinski definition) is 4. The Hall–Kier alpha value is -1.10. The predicted molar refractivity (Wildman–Crippen MR) is 59.0 cm³/mol. The minimum Gasteiger partial charge on any atom is -0.365 e. The molecule has 0 atom stereocenters. The summed E-state index contributed by atoms with van der Waals surface area (Å²) in [5.74, 6) is -0.0247. The molecule has 0 aliphatic heterocycles. The number of rotatable bonds is 4. The predicted octanol–water partition coefficient (Wildman–Crippen LogP) is 1.63. The second-order valence-electron chi connectivity index (χ2n) is 2.94. The molecule has 0 aliphatic carbocycles. The lowest BCUT2D eigenvalue weighted by molar-refractivity contribution is 0.0957. The maximum absolute atomic E-state index is 11.6. The van der Waals surface area contributed by atoms with E-state index in [0.717, 1.165) is 17.2 Å². The SMILES string of the molecule is CCCNC(=O)c1sc(NC)nc1C. The van der Waals surface area contributed by atoms with Gasteiger partial charge in [-0.2, -0.15) is 0 Å². The summed E-state index contributed by atoms with van der Waals surface area (Å²) in [6.45, 7) is 4.59. The molecule has 1 aromatic rings. The number of carbonyl (C=O) groups excluding carboxylic acids is 1. The van der Waals surface area contributed by atoms with E-state index in [-0.39, 0.29) is 5.91 Å². The second kappa shape index (κ2) is 4.95. The zero-order valence-electron chi connectivity index (χ0n) is 8.68. The third kappa shape index (κ3) is 2.45. The first-order chi connectivity index (χ1) is 6.69. The molecule has 0 unspecified atom stereocenters. The smallest absolute Gasteiger partial charge is 0.263 e. The summed E-state index contributed by atoms with van der Waals surface area (Å²) in [6, 6.07) is 0. The van der Waals surface area contributed by atoms with Gasteiger partial charge in [-0.1, -0.05) is 18.3 Å². The van der Waals surface area contributed by atoms with Gasteiger partial charge in [-0.05, 0) is 13.3 Å². The van der Waals surface area contributed by atoms with Crippen molar-refractivity contribution in [1.29, 1.82) is 0 Å². The summed E-state index contributed by atoms with van der Waals surface area (Å²) in [6.07, 6.45) is 0.947. The molecule has 0 aliphatic rings. The fourth-order valence-corrected chi connectivity index (χ4v) is 1.87. The van der Waals surface area contributed by atoms with Crippen molar-refractivity contribution in [3.05, 3.63) is 10.6 Å². The van der Waals surface area contributed by atoms with E-state index in [1.807, 2.05) is 13.8 Å². The van der Waals surface area contributed by atoms with Crippen molar-refractivity contribution in [2.45, 2.75) is 20.3 Å². The Kier molecular flexibility index (Phi) is 3.88. The third-order valence-electron chi connectivity index (χ3n) is 1.75. The van der Waals surface area contributed by atoms with Crippen LogP contribution in [0.5, 0.6) is 0 Å². The minimum atomic E-state index is -0.0247. The lowest BCUT2D eigenvalue weighted by Crippen LogP contribution is -2.23. The summed E-state index contributed by atoms with van der Waals surface area (Å²) in [5, 5.41) is 6.54. The standard InChI is InChI=1S/C9H15N3OS/c1-4-5-11-8(13)7-6(2)12-9(10-3)14-7/h4-5H2,1-3H3,(H,10,12)(H,11,13). The Labute approximate surface area is 87.7 Å². The van der Waals surface area contributed by atoms with Crippen LogP contribution < -0.4 is 10.6 Å². The molecular weight excluding hydrogens is 198 g/mol. The van der Waals surface area contributed by atoms with Crippen LogP contribution >= 0.6 is 11.3 Å². The van der Waals surface area contributed by atoms with Gasteiger partial charge in [0.05, 0.1) is 5.69 Å². The van der Waals surface area contributed by atoms with Crippen molar-refractivity contribution < 1.29 is 4.79 Å². The van der Waals surface area contributed by atoms with Gasteiger partial charge in [-0.15, -0.1) is 0 Å². The number of anilines is 1. The number of carbonyl (C=O) groups is 1. The summed E-state index contributed by atoms with van der Waals surface area (Å²) in [4.78, 5) is 16.5. The van der Waals surface area contributed by atoms with Crippen molar-refractivity contribution in [2.75, 3.05) is 18.9 Å². The third-order valence-corrected chi connectivity index (χ3v) is 2.93.